The van der Waals surface area contributed by atoms with Crippen molar-refractivity contribution in [1.82, 2.24) is 4.98 Å². The molecule has 0 radical (unpaired) electrons. The molecule has 3 rings (SSSR count). The molecule has 1 saturated carbocycles. The zero-order valence-corrected chi connectivity index (χ0v) is 11.1. The summed E-state index contributed by atoms with van der Waals surface area (Å²) in [7, 11) is 0. The first-order valence-corrected chi connectivity index (χ1v) is 6.69. The van der Waals surface area contributed by atoms with Gasteiger partial charge in [0.15, 0.2) is 5.58 Å². The second-order valence-electron chi connectivity index (χ2n) is 5.26. The number of carboxylic acid groups (broad SMARTS) is 1. The lowest BCUT2D eigenvalue weighted by Crippen LogP contribution is -2.21. The molecule has 1 aliphatic carbocycles. The van der Waals surface area contributed by atoms with E-state index in [0.717, 1.165) is 0 Å². The normalized spacial score (nSPS) is 21.5. The Morgan fingerprint density at radius 2 is 2.05 bits per heavy atom. The molecule has 7 heteroatoms. The second-order valence-corrected chi connectivity index (χ2v) is 5.26. The highest BCUT2D eigenvalue weighted by atomic mass is 16.4. The van der Waals surface area contributed by atoms with Crippen molar-refractivity contribution in [3.05, 3.63) is 28.7 Å². The van der Waals surface area contributed by atoms with Crippen LogP contribution in [0.15, 0.2) is 27.4 Å². The highest BCUT2D eigenvalue weighted by Gasteiger charge is 2.33. The van der Waals surface area contributed by atoms with Crippen molar-refractivity contribution in [3.8, 4) is 0 Å². The Balaban J connectivity index is 1.71. The number of carbonyl (C=O) groups is 2. The maximum Gasteiger partial charge on any atom is 0.417 e. The summed E-state index contributed by atoms with van der Waals surface area (Å²) in [6.07, 6.45) is 1.47. The van der Waals surface area contributed by atoms with Gasteiger partial charge in [0, 0.05) is 11.6 Å². The number of anilines is 1. The molecule has 1 amide bonds. The van der Waals surface area contributed by atoms with Crippen LogP contribution in [0.25, 0.3) is 11.1 Å². The van der Waals surface area contributed by atoms with Crippen molar-refractivity contribution >= 4 is 28.7 Å². The molecule has 3 N–H and O–H groups in total. The number of nitrogens with one attached hydrogen (secondary N) is 2. The first-order valence-electron chi connectivity index (χ1n) is 6.69. The number of aromatic amines is 1. The van der Waals surface area contributed by atoms with Gasteiger partial charge in [-0.2, -0.15) is 0 Å². The van der Waals surface area contributed by atoms with Crippen molar-refractivity contribution in [1.29, 1.82) is 0 Å². The third-order valence-corrected chi connectivity index (χ3v) is 3.84. The van der Waals surface area contributed by atoms with Gasteiger partial charge in [-0.15, -0.1) is 0 Å². The van der Waals surface area contributed by atoms with Gasteiger partial charge >= 0.3 is 11.7 Å². The average molecular weight is 290 g/mol. The fourth-order valence-electron chi connectivity index (χ4n) is 2.72. The topological polar surface area (TPSA) is 112 Å². The molecule has 21 heavy (non-hydrogen) atoms. The van der Waals surface area contributed by atoms with Crippen LogP contribution >= 0.6 is 0 Å². The van der Waals surface area contributed by atoms with Crippen LogP contribution in [0.5, 0.6) is 0 Å². The molecule has 0 bridgehead atoms. The molecule has 0 unspecified atom stereocenters. The zero-order chi connectivity index (χ0) is 15.0. The summed E-state index contributed by atoms with van der Waals surface area (Å²) in [4.78, 5) is 36.6. The number of carbonyl (C=O) groups excluding carboxylic acids is 1. The van der Waals surface area contributed by atoms with Crippen LogP contribution in [0.1, 0.15) is 19.3 Å². The maximum absolute atomic E-state index is 12.1. The number of benzene rings is 1. The number of hydrogen-bond acceptors (Lipinski definition) is 4. The van der Waals surface area contributed by atoms with Crippen LogP contribution in [0.2, 0.25) is 0 Å². The number of aliphatic carboxylic acids is 1. The predicted octanol–water partition coefficient (Wildman–Crippen LogP) is 1.56. The summed E-state index contributed by atoms with van der Waals surface area (Å²) in [6.45, 7) is 0. The fourth-order valence-corrected chi connectivity index (χ4v) is 2.72. The third-order valence-electron chi connectivity index (χ3n) is 3.84. The van der Waals surface area contributed by atoms with Crippen LogP contribution in [0.3, 0.4) is 0 Å². The Morgan fingerprint density at radius 3 is 2.76 bits per heavy atom. The molecule has 0 aliphatic heterocycles. The lowest BCUT2D eigenvalue weighted by Gasteiger charge is -2.10. The van der Waals surface area contributed by atoms with E-state index in [4.69, 9.17) is 9.52 Å². The number of aromatic nitrogens is 1. The Bertz CT molecular complexity index is 760. The van der Waals surface area contributed by atoms with Gasteiger partial charge in [-0.05, 0) is 37.5 Å². The average Bonchev–Trinajstić information content (AvgIpc) is 3.03. The lowest BCUT2D eigenvalue weighted by molar-refractivity contribution is -0.141. The van der Waals surface area contributed by atoms with Gasteiger partial charge in [0.2, 0.25) is 5.91 Å². The van der Waals surface area contributed by atoms with Crippen molar-refractivity contribution in [2.75, 3.05) is 5.32 Å². The Morgan fingerprint density at radius 1 is 1.29 bits per heavy atom. The molecule has 2 aromatic rings. The molecule has 2 atom stereocenters. The monoisotopic (exact) mass is 290 g/mol. The first kappa shape index (κ1) is 13.4. The largest absolute Gasteiger partial charge is 0.481 e. The van der Waals surface area contributed by atoms with Gasteiger partial charge in [0.05, 0.1) is 11.4 Å². The van der Waals surface area contributed by atoms with E-state index in [9.17, 15) is 14.4 Å². The molecule has 110 valence electrons. The first-order chi connectivity index (χ1) is 10.0. The number of carboxylic acids is 1. The highest BCUT2D eigenvalue weighted by molar-refractivity contribution is 5.94. The third kappa shape index (κ3) is 2.67. The minimum absolute atomic E-state index is 0.191. The van der Waals surface area contributed by atoms with Gasteiger partial charge in [0.25, 0.3) is 0 Å². The Kier molecular flexibility index (Phi) is 3.25. The minimum atomic E-state index is -0.845. The van der Waals surface area contributed by atoms with E-state index in [1.54, 1.807) is 18.2 Å². The molecule has 7 nitrogen and oxygen atoms in total. The molecule has 1 heterocycles. The van der Waals surface area contributed by atoms with Crippen molar-refractivity contribution < 1.29 is 19.1 Å². The van der Waals surface area contributed by atoms with Crippen LogP contribution in [-0.2, 0) is 9.59 Å². The number of hydrogen-bond donors (Lipinski definition) is 3. The fraction of sp³-hybridized carbons (Fsp3) is 0.357. The summed E-state index contributed by atoms with van der Waals surface area (Å²) >= 11 is 0. The molecule has 1 aromatic heterocycles. The smallest absolute Gasteiger partial charge is 0.417 e. The predicted molar refractivity (Wildman–Crippen MR) is 73.9 cm³/mol. The summed E-state index contributed by atoms with van der Waals surface area (Å²) in [5.41, 5.74) is 1.47. The minimum Gasteiger partial charge on any atom is -0.481 e. The maximum atomic E-state index is 12.1. The quantitative estimate of drug-likeness (QED) is 0.794. The van der Waals surface area contributed by atoms with Crippen LogP contribution in [-0.4, -0.2) is 22.0 Å². The Labute approximate surface area is 119 Å². The molecule has 0 saturated heterocycles. The van der Waals surface area contributed by atoms with E-state index < -0.39 is 17.6 Å². The van der Waals surface area contributed by atoms with Gasteiger partial charge in [0.1, 0.15) is 0 Å². The van der Waals surface area contributed by atoms with E-state index >= 15 is 0 Å². The number of H-pyrrole nitrogens is 1. The summed E-state index contributed by atoms with van der Waals surface area (Å²) in [5, 5.41) is 11.7. The van der Waals surface area contributed by atoms with Crippen LogP contribution in [0.4, 0.5) is 5.69 Å². The van der Waals surface area contributed by atoms with Crippen molar-refractivity contribution in [2.24, 2.45) is 11.8 Å². The van der Waals surface area contributed by atoms with Crippen molar-refractivity contribution in [2.45, 2.75) is 19.3 Å². The molecule has 0 spiro atoms. The van der Waals surface area contributed by atoms with E-state index in [0.29, 0.717) is 36.0 Å². The summed E-state index contributed by atoms with van der Waals surface area (Å²) in [5.74, 6) is -2.31. The highest BCUT2D eigenvalue weighted by Crippen LogP contribution is 2.32. The number of amides is 1. The number of fused-ring (bicyclic) bond motifs is 1. The van der Waals surface area contributed by atoms with E-state index in [2.05, 4.69) is 10.3 Å². The van der Waals surface area contributed by atoms with E-state index in [1.165, 1.54) is 0 Å². The Hall–Kier alpha value is -2.57. The van der Waals surface area contributed by atoms with Gasteiger partial charge in [-0.25, -0.2) is 4.79 Å². The summed E-state index contributed by atoms with van der Waals surface area (Å²) < 4.78 is 4.88. The van der Waals surface area contributed by atoms with Crippen molar-refractivity contribution in [3.63, 3.8) is 0 Å². The summed E-state index contributed by atoms with van der Waals surface area (Å²) in [6, 6.07) is 4.85. The van der Waals surface area contributed by atoms with E-state index in [1.807, 2.05) is 0 Å². The zero-order valence-electron chi connectivity index (χ0n) is 11.1. The van der Waals surface area contributed by atoms with Gasteiger partial charge in [-0.3, -0.25) is 14.6 Å². The molecular formula is C14H14N2O5. The number of rotatable bonds is 3. The van der Waals surface area contributed by atoms with Crippen LogP contribution < -0.4 is 11.1 Å². The SMILES string of the molecule is O=C(O)[C@@H]1CC[C@H](C(=O)Nc2ccc3oc(=O)[nH]c3c2)C1. The molecule has 1 aliphatic rings. The van der Waals surface area contributed by atoms with E-state index in [-0.39, 0.29) is 11.8 Å². The van der Waals surface area contributed by atoms with Crippen LogP contribution in [0, 0.1) is 11.8 Å². The van der Waals surface area contributed by atoms with Gasteiger partial charge < -0.3 is 14.8 Å². The molecule has 1 fully saturated rings. The second kappa shape index (κ2) is 5.08. The standard InChI is InChI=1S/C14H14N2O5/c17-12(7-1-2-8(5-7)13(18)19)15-9-3-4-11-10(6-9)16-14(20)21-11/h3-4,6-8H,1-2,5H2,(H,15,17)(H,16,20)(H,18,19)/t7-,8+/m0/s1. The van der Waals surface area contributed by atoms with Gasteiger partial charge in [-0.1, -0.05) is 0 Å². The number of oxazole rings is 1. The molecular weight excluding hydrogens is 276 g/mol. The molecule has 1 aromatic carbocycles. The lowest BCUT2D eigenvalue weighted by atomic mass is 10.0.